The van der Waals surface area contributed by atoms with Crippen LogP contribution >= 0.6 is 0 Å². The number of carbonyl (C=O) groups excluding carboxylic acids is 1. The normalized spacial score (nSPS) is 15.3. The van der Waals surface area contributed by atoms with Gasteiger partial charge in [0.15, 0.2) is 15.4 Å². The molecule has 0 aliphatic carbocycles. The minimum Gasteiger partial charge on any atom is -0.380 e. The summed E-state index contributed by atoms with van der Waals surface area (Å²) >= 11 is 0. The molecule has 0 saturated carbocycles. The second kappa shape index (κ2) is 5.64. The Morgan fingerprint density at radius 3 is 2.38 bits per heavy atom. The second-order valence-corrected chi connectivity index (χ2v) is 6.81. The molecule has 5 nitrogen and oxygen atoms in total. The van der Waals surface area contributed by atoms with Crippen LogP contribution < -0.4 is 5.32 Å². The molecule has 1 amide bonds. The number of aliphatic hydroxyl groups is 1. The molecule has 0 saturated heterocycles. The van der Waals surface area contributed by atoms with Crippen molar-refractivity contribution < 1.29 is 31.5 Å². The van der Waals surface area contributed by atoms with Crippen molar-refractivity contribution in [2.75, 3.05) is 11.6 Å². The molecule has 0 aromatic heterocycles. The molecule has 0 aliphatic rings. The monoisotopic (exact) mass is 325 g/mol. The maximum Gasteiger partial charge on any atom is 0.417 e. The van der Waals surface area contributed by atoms with Gasteiger partial charge < -0.3 is 10.4 Å². The lowest BCUT2D eigenvalue weighted by atomic mass is 10.0. The van der Waals surface area contributed by atoms with Crippen molar-refractivity contribution in [1.82, 2.24) is 0 Å². The van der Waals surface area contributed by atoms with Crippen molar-refractivity contribution in [3.63, 3.8) is 0 Å². The Kier molecular flexibility index (Phi) is 4.69. The van der Waals surface area contributed by atoms with Crippen molar-refractivity contribution in [3.8, 4) is 0 Å². The van der Waals surface area contributed by atoms with Gasteiger partial charge >= 0.3 is 6.18 Å². The van der Waals surface area contributed by atoms with Crippen molar-refractivity contribution in [2.24, 2.45) is 0 Å². The van der Waals surface area contributed by atoms with Crippen molar-refractivity contribution in [1.29, 1.82) is 0 Å². The minimum absolute atomic E-state index is 0.0286. The molecule has 118 valence electrons. The lowest BCUT2D eigenvalue weighted by molar-refractivity contribution is -0.252. The topological polar surface area (TPSA) is 83.5 Å². The van der Waals surface area contributed by atoms with Crippen molar-refractivity contribution in [2.45, 2.75) is 30.0 Å². The Labute approximate surface area is 119 Å². The van der Waals surface area contributed by atoms with Crippen LogP contribution in [0.1, 0.15) is 13.3 Å². The molecule has 0 fully saturated rings. The molecule has 0 bridgehead atoms. The Balaban J connectivity index is 2.86. The van der Waals surface area contributed by atoms with Gasteiger partial charge in [-0.25, -0.2) is 8.42 Å². The Morgan fingerprint density at radius 2 is 1.90 bits per heavy atom. The van der Waals surface area contributed by atoms with Crippen LogP contribution in [0.3, 0.4) is 0 Å². The number of alkyl halides is 3. The van der Waals surface area contributed by atoms with Gasteiger partial charge in [-0.1, -0.05) is 6.07 Å². The van der Waals surface area contributed by atoms with Gasteiger partial charge in [0, 0.05) is 11.9 Å². The number of nitrogens with one attached hydrogen (secondary N) is 1. The highest BCUT2D eigenvalue weighted by Gasteiger charge is 2.50. The molecule has 9 heteroatoms. The maximum absolute atomic E-state index is 12.4. The molecule has 1 aromatic carbocycles. The highest BCUT2D eigenvalue weighted by atomic mass is 32.2. The number of rotatable bonds is 4. The summed E-state index contributed by atoms with van der Waals surface area (Å²) in [6, 6.07) is 5.08. The number of anilines is 1. The number of hydrogen-bond acceptors (Lipinski definition) is 4. The molecule has 1 atom stereocenters. The quantitative estimate of drug-likeness (QED) is 0.883. The fraction of sp³-hybridized carbons (Fsp3) is 0.417. The first kappa shape index (κ1) is 17.4. The van der Waals surface area contributed by atoms with Gasteiger partial charge in [0.25, 0.3) is 0 Å². The summed E-state index contributed by atoms with van der Waals surface area (Å²) in [5.41, 5.74) is -3.13. The van der Waals surface area contributed by atoms with E-state index in [1.807, 2.05) is 0 Å². The van der Waals surface area contributed by atoms with Crippen LogP contribution in [-0.2, 0) is 14.6 Å². The number of amides is 1. The molecule has 1 aromatic rings. The smallest absolute Gasteiger partial charge is 0.380 e. The summed E-state index contributed by atoms with van der Waals surface area (Å²) in [5.74, 6) is -1.08. The first-order valence-corrected chi connectivity index (χ1v) is 7.61. The van der Waals surface area contributed by atoms with Crippen LogP contribution in [0.15, 0.2) is 29.2 Å². The summed E-state index contributed by atoms with van der Waals surface area (Å²) in [6.45, 7) is 0.486. The Hall–Kier alpha value is -1.61. The summed E-state index contributed by atoms with van der Waals surface area (Å²) in [6.07, 6.45) is -5.18. The third-order valence-electron chi connectivity index (χ3n) is 2.66. The highest BCUT2D eigenvalue weighted by Crippen LogP contribution is 2.32. The summed E-state index contributed by atoms with van der Waals surface area (Å²) in [5, 5.41) is 11.3. The van der Waals surface area contributed by atoms with Gasteiger partial charge in [-0.2, -0.15) is 13.2 Å². The SMILES string of the molecule is C[C@@](O)(CC(=O)Nc1cccc(S(C)(=O)=O)c1)C(F)(F)F. The van der Waals surface area contributed by atoms with Gasteiger partial charge in [0.2, 0.25) is 5.91 Å². The van der Waals surface area contributed by atoms with E-state index >= 15 is 0 Å². The van der Waals surface area contributed by atoms with E-state index in [0.717, 1.165) is 12.3 Å². The van der Waals surface area contributed by atoms with Crippen LogP contribution in [0, 0.1) is 0 Å². The molecule has 0 aliphatic heterocycles. The van der Waals surface area contributed by atoms with Crippen LogP contribution in [0.4, 0.5) is 18.9 Å². The zero-order valence-corrected chi connectivity index (χ0v) is 12.0. The fourth-order valence-corrected chi connectivity index (χ4v) is 2.09. The highest BCUT2D eigenvalue weighted by molar-refractivity contribution is 7.90. The molecule has 2 N–H and O–H groups in total. The first-order valence-electron chi connectivity index (χ1n) is 5.72. The van der Waals surface area contributed by atoms with E-state index in [9.17, 15) is 31.5 Å². The van der Waals surface area contributed by atoms with E-state index in [1.165, 1.54) is 18.2 Å². The van der Waals surface area contributed by atoms with Crippen molar-refractivity contribution >= 4 is 21.4 Å². The van der Waals surface area contributed by atoms with E-state index in [2.05, 4.69) is 5.32 Å². The number of carbonyl (C=O) groups is 1. The largest absolute Gasteiger partial charge is 0.417 e. The standard InChI is InChI=1S/C12H14F3NO4S/c1-11(18,12(13,14)15)7-10(17)16-8-4-3-5-9(6-8)21(2,19)20/h3-6,18H,7H2,1-2H3,(H,16,17)/t11-/m1/s1. The third kappa shape index (κ3) is 4.71. The predicted octanol–water partition coefficient (Wildman–Crippen LogP) is 1.73. The van der Waals surface area contributed by atoms with E-state index in [0.29, 0.717) is 6.92 Å². The van der Waals surface area contributed by atoms with Gasteiger partial charge in [0.1, 0.15) is 0 Å². The fourth-order valence-electron chi connectivity index (χ4n) is 1.42. The minimum atomic E-state index is -4.95. The van der Waals surface area contributed by atoms with Crippen LogP contribution in [0.5, 0.6) is 0 Å². The number of sulfone groups is 1. The molecular weight excluding hydrogens is 311 g/mol. The Morgan fingerprint density at radius 1 is 1.33 bits per heavy atom. The van der Waals surface area contributed by atoms with Crippen LogP contribution in [0.25, 0.3) is 0 Å². The summed E-state index contributed by atoms with van der Waals surface area (Å²) in [4.78, 5) is 11.4. The second-order valence-electron chi connectivity index (χ2n) is 4.80. The lowest BCUT2D eigenvalue weighted by Crippen LogP contribution is -2.44. The number of hydrogen-bond donors (Lipinski definition) is 2. The van der Waals surface area contributed by atoms with E-state index in [-0.39, 0.29) is 10.6 Å². The number of benzene rings is 1. The predicted molar refractivity (Wildman–Crippen MR) is 69.5 cm³/mol. The van der Waals surface area contributed by atoms with Gasteiger partial charge in [-0.3, -0.25) is 4.79 Å². The molecule has 0 spiro atoms. The number of halogens is 3. The van der Waals surface area contributed by atoms with Gasteiger partial charge in [-0.15, -0.1) is 0 Å². The van der Waals surface area contributed by atoms with Gasteiger partial charge in [-0.05, 0) is 25.1 Å². The lowest BCUT2D eigenvalue weighted by Gasteiger charge is -2.25. The molecule has 0 radical (unpaired) electrons. The Bertz CT molecular complexity index is 638. The van der Waals surface area contributed by atoms with Crippen LogP contribution in [0.2, 0.25) is 0 Å². The maximum atomic E-state index is 12.4. The van der Waals surface area contributed by atoms with E-state index in [4.69, 9.17) is 0 Å². The zero-order valence-electron chi connectivity index (χ0n) is 11.2. The molecule has 21 heavy (non-hydrogen) atoms. The molecule has 0 unspecified atom stereocenters. The average molecular weight is 325 g/mol. The van der Waals surface area contributed by atoms with Crippen LogP contribution in [-0.4, -0.2) is 37.5 Å². The summed E-state index contributed by atoms with van der Waals surface area (Å²) in [7, 11) is -3.50. The summed E-state index contributed by atoms with van der Waals surface area (Å²) < 4.78 is 60.0. The van der Waals surface area contributed by atoms with Crippen molar-refractivity contribution in [3.05, 3.63) is 24.3 Å². The zero-order chi connectivity index (χ0) is 16.5. The average Bonchev–Trinajstić information content (AvgIpc) is 2.25. The molecular formula is C12H14F3NO4S. The van der Waals surface area contributed by atoms with E-state index < -0.39 is 33.9 Å². The third-order valence-corrected chi connectivity index (χ3v) is 3.77. The molecule has 0 heterocycles. The first-order chi connectivity index (χ1) is 9.33. The van der Waals surface area contributed by atoms with E-state index in [1.54, 1.807) is 0 Å². The van der Waals surface area contributed by atoms with Gasteiger partial charge in [0.05, 0.1) is 11.3 Å². The molecule has 1 rings (SSSR count).